The maximum Gasteiger partial charge on any atom is 0.311 e. The minimum atomic E-state index is -0.819. The van der Waals surface area contributed by atoms with Crippen molar-refractivity contribution < 1.29 is 14.7 Å². The molecule has 1 fully saturated rings. The summed E-state index contributed by atoms with van der Waals surface area (Å²) < 4.78 is 0.660. The third-order valence-corrected chi connectivity index (χ3v) is 5.30. The Morgan fingerprint density at radius 1 is 1.48 bits per heavy atom. The number of benzene rings is 1. The summed E-state index contributed by atoms with van der Waals surface area (Å²) in [7, 11) is 0. The first-order chi connectivity index (χ1) is 9.91. The Morgan fingerprint density at radius 3 is 2.81 bits per heavy atom. The lowest BCUT2D eigenvalue weighted by atomic mass is 9.83. The monoisotopic (exact) mass is 373 g/mol. The molecule has 0 saturated carbocycles. The van der Waals surface area contributed by atoms with Crippen LogP contribution in [0.1, 0.15) is 36.5 Å². The maximum absolute atomic E-state index is 12.6. The summed E-state index contributed by atoms with van der Waals surface area (Å²) in [5.41, 5.74) is -0.410. The first kappa shape index (κ1) is 16.3. The van der Waals surface area contributed by atoms with Crippen molar-refractivity contribution >= 4 is 39.4 Å². The van der Waals surface area contributed by atoms with Crippen molar-refractivity contribution in [2.45, 2.75) is 26.2 Å². The minimum Gasteiger partial charge on any atom is -0.481 e. The molecule has 4 nitrogen and oxygen atoms in total. The lowest BCUT2D eigenvalue weighted by Gasteiger charge is -2.24. The summed E-state index contributed by atoms with van der Waals surface area (Å²) in [5.74, 6) is -1.03. The van der Waals surface area contributed by atoms with Gasteiger partial charge in [-0.3, -0.25) is 9.59 Å². The van der Waals surface area contributed by atoms with Crippen molar-refractivity contribution in [1.29, 1.82) is 0 Å². The van der Waals surface area contributed by atoms with E-state index < -0.39 is 11.4 Å². The molecule has 1 saturated heterocycles. The van der Waals surface area contributed by atoms with Crippen LogP contribution in [0.15, 0.2) is 22.7 Å². The molecule has 1 aromatic carbocycles. The summed E-state index contributed by atoms with van der Waals surface area (Å²) in [5, 5.41) is 9.86. The summed E-state index contributed by atoms with van der Waals surface area (Å²) in [6.45, 7) is 2.66. The number of carboxylic acid groups (broad SMARTS) is 1. The van der Waals surface area contributed by atoms with Gasteiger partial charge in [-0.05, 0) is 40.9 Å². The number of aliphatic carboxylic acids is 1. The lowest BCUT2D eigenvalue weighted by Crippen LogP contribution is -2.37. The van der Waals surface area contributed by atoms with Gasteiger partial charge < -0.3 is 10.0 Å². The minimum absolute atomic E-state index is 0.208. The highest BCUT2D eigenvalue weighted by Gasteiger charge is 2.45. The first-order valence-electron chi connectivity index (χ1n) is 6.88. The van der Waals surface area contributed by atoms with Gasteiger partial charge in [-0.25, -0.2) is 0 Å². The van der Waals surface area contributed by atoms with Crippen LogP contribution < -0.4 is 0 Å². The molecule has 1 heterocycles. The van der Waals surface area contributed by atoms with Crippen LogP contribution in [-0.4, -0.2) is 35.0 Å². The number of nitrogens with zero attached hydrogens (tertiary/aromatic N) is 1. The predicted molar refractivity (Wildman–Crippen MR) is 84.6 cm³/mol. The van der Waals surface area contributed by atoms with Gasteiger partial charge in [0, 0.05) is 17.6 Å². The zero-order chi connectivity index (χ0) is 15.6. The van der Waals surface area contributed by atoms with Crippen molar-refractivity contribution in [3.8, 4) is 0 Å². The molecule has 1 amide bonds. The van der Waals surface area contributed by atoms with E-state index in [4.69, 9.17) is 11.6 Å². The molecule has 0 aromatic heterocycles. The number of likely N-dealkylation sites (tertiary alicyclic amines) is 1. The Labute approximate surface area is 137 Å². The molecule has 0 bridgehead atoms. The molecule has 1 N–H and O–H groups in total. The fourth-order valence-electron chi connectivity index (χ4n) is 2.85. The first-order valence-corrected chi connectivity index (χ1v) is 8.05. The summed E-state index contributed by atoms with van der Waals surface area (Å²) >= 11 is 9.45. The number of carbonyl (C=O) groups excluding carboxylic acids is 1. The molecular formula is C15H17BrClNO3. The molecule has 0 aliphatic carbocycles. The van der Waals surface area contributed by atoms with Gasteiger partial charge >= 0.3 is 5.97 Å². The normalized spacial score (nSPS) is 21.6. The van der Waals surface area contributed by atoms with Crippen LogP contribution in [0, 0.1) is 5.41 Å². The van der Waals surface area contributed by atoms with Crippen molar-refractivity contribution in [2.24, 2.45) is 5.41 Å². The van der Waals surface area contributed by atoms with Crippen LogP contribution in [0.4, 0.5) is 0 Å². The number of hydrogen-bond donors (Lipinski definition) is 1. The van der Waals surface area contributed by atoms with E-state index in [1.807, 2.05) is 6.92 Å². The van der Waals surface area contributed by atoms with Crippen LogP contribution in [-0.2, 0) is 4.79 Å². The van der Waals surface area contributed by atoms with Crippen LogP contribution >= 0.6 is 27.5 Å². The van der Waals surface area contributed by atoms with E-state index >= 15 is 0 Å². The fraction of sp³-hybridized carbons (Fsp3) is 0.467. The largest absolute Gasteiger partial charge is 0.481 e. The summed E-state index contributed by atoms with van der Waals surface area (Å²) in [4.78, 5) is 25.7. The molecule has 1 unspecified atom stereocenters. The zero-order valence-corrected chi connectivity index (χ0v) is 14.1. The fourth-order valence-corrected chi connectivity index (χ4v) is 3.42. The second kappa shape index (κ2) is 6.36. The van der Waals surface area contributed by atoms with E-state index in [2.05, 4.69) is 15.9 Å². The smallest absolute Gasteiger partial charge is 0.311 e. The molecule has 6 heteroatoms. The summed E-state index contributed by atoms with van der Waals surface area (Å²) in [6, 6.07) is 5.17. The van der Waals surface area contributed by atoms with Gasteiger partial charge in [-0.15, -0.1) is 0 Å². The number of halogens is 2. The number of rotatable bonds is 4. The average Bonchev–Trinajstić information content (AvgIpc) is 2.87. The second-order valence-corrected chi connectivity index (χ2v) is 6.65. The van der Waals surface area contributed by atoms with Gasteiger partial charge in [0.05, 0.1) is 16.0 Å². The van der Waals surface area contributed by atoms with Crippen LogP contribution in [0.5, 0.6) is 0 Å². The van der Waals surface area contributed by atoms with Crippen molar-refractivity contribution in [2.75, 3.05) is 13.1 Å². The van der Waals surface area contributed by atoms with Crippen LogP contribution in [0.3, 0.4) is 0 Å². The number of amides is 1. The van der Waals surface area contributed by atoms with Crippen molar-refractivity contribution in [1.82, 2.24) is 4.90 Å². The molecule has 1 aliphatic rings. The van der Waals surface area contributed by atoms with Gasteiger partial charge in [-0.2, -0.15) is 0 Å². The molecular weight excluding hydrogens is 358 g/mol. The quantitative estimate of drug-likeness (QED) is 0.871. The number of carboxylic acids is 1. The van der Waals surface area contributed by atoms with Crippen LogP contribution in [0.25, 0.3) is 0 Å². The molecule has 0 radical (unpaired) electrons. The Kier molecular flexibility index (Phi) is 4.94. The molecule has 2 rings (SSSR count). The van der Waals surface area contributed by atoms with Gasteiger partial charge in [0.15, 0.2) is 0 Å². The average molecular weight is 375 g/mol. The maximum atomic E-state index is 12.6. The molecule has 1 atom stereocenters. The van der Waals surface area contributed by atoms with Gasteiger partial charge in [0.25, 0.3) is 5.91 Å². The molecule has 1 aliphatic heterocycles. The standard InChI is InChI=1S/C15H17BrClNO3/c1-2-6-15(14(20)21)7-8-18(9-15)13(19)10-4-3-5-11(16)12(10)17/h3-5H,2,6-9H2,1H3,(H,20,21). The highest BCUT2D eigenvalue weighted by molar-refractivity contribution is 9.10. The topological polar surface area (TPSA) is 57.6 Å². The van der Waals surface area contributed by atoms with Gasteiger partial charge in [0.1, 0.15) is 0 Å². The third-order valence-electron chi connectivity index (χ3n) is 4.01. The van der Waals surface area contributed by atoms with Crippen LogP contribution in [0.2, 0.25) is 5.02 Å². The summed E-state index contributed by atoms with van der Waals surface area (Å²) in [6.07, 6.45) is 1.86. The Morgan fingerprint density at radius 2 is 2.19 bits per heavy atom. The van der Waals surface area contributed by atoms with Crippen molar-refractivity contribution in [3.05, 3.63) is 33.3 Å². The Hall–Kier alpha value is -1.07. The third kappa shape index (κ3) is 3.09. The highest BCUT2D eigenvalue weighted by atomic mass is 79.9. The van der Waals surface area contributed by atoms with E-state index in [1.165, 1.54) is 0 Å². The molecule has 114 valence electrons. The van der Waals surface area contributed by atoms with E-state index in [0.29, 0.717) is 34.4 Å². The van der Waals surface area contributed by atoms with E-state index in [1.54, 1.807) is 23.1 Å². The SMILES string of the molecule is CCCC1(C(=O)O)CCN(C(=O)c2cccc(Br)c2Cl)C1. The van der Waals surface area contributed by atoms with E-state index in [0.717, 1.165) is 6.42 Å². The molecule has 1 aromatic rings. The van der Waals surface area contributed by atoms with Crippen molar-refractivity contribution in [3.63, 3.8) is 0 Å². The van der Waals surface area contributed by atoms with E-state index in [9.17, 15) is 14.7 Å². The van der Waals surface area contributed by atoms with E-state index in [-0.39, 0.29) is 12.5 Å². The zero-order valence-electron chi connectivity index (χ0n) is 11.7. The Balaban J connectivity index is 2.23. The second-order valence-electron chi connectivity index (χ2n) is 5.41. The molecule has 21 heavy (non-hydrogen) atoms. The van der Waals surface area contributed by atoms with Gasteiger partial charge in [-0.1, -0.05) is 31.0 Å². The Bertz CT molecular complexity index is 578. The van der Waals surface area contributed by atoms with Gasteiger partial charge in [0.2, 0.25) is 0 Å². The number of carbonyl (C=O) groups is 2. The predicted octanol–water partition coefficient (Wildman–Crippen LogP) is 3.82. The lowest BCUT2D eigenvalue weighted by molar-refractivity contribution is -0.148. The molecule has 0 spiro atoms. The number of hydrogen-bond acceptors (Lipinski definition) is 2. The highest BCUT2D eigenvalue weighted by Crippen LogP contribution is 2.37.